The van der Waals surface area contributed by atoms with Crippen molar-refractivity contribution >= 4 is 28.2 Å². The van der Waals surface area contributed by atoms with E-state index in [0.29, 0.717) is 24.5 Å². The van der Waals surface area contributed by atoms with E-state index in [2.05, 4.69) is 0 Å². The third kappa shape index (κ3) is 3.76. The van der Waals surface area contributed by atoms with E-state index >= 15 is 0 Å². The van der Waals surface area contributed by atoms with Gasteiger partial charge in [-0.1, -0.05) is 42.5 Å². The molecule has 2 atom stereocenters. The molecule has 2 fully saturated rings. The molecular formula is C27H25NO5. The van der Waals surface area contributed by atoms with Crippen molar-refractivity contribution in [2.45, 2.75) is 25.0 Å². The van der Waals surface area contributed by atoms with Gasteiger partial charge in [-0.05, 0) is 53.4 Å². The van der Waals surface area contributed by atoms with Crippen molar-refractivity contribution in [1.29, 1.82) is 0 Å². The lowest BCUT2D eigenvalue weighted by molar-refractivity contribution is -0.140. The molecule has 2 unspecified atom stereocenters. The van der Waals surface area contributed by atoms with Crippen LogP contribution in [0.5, 0.6) is 5.75 Å². The Hall–Kier alpha value is -3.64. The van der Waals surface area contributed by atoms with Gasteiger partial charge in [-0.25, -0.2) is 0 Å². The summed E-state index contributed by atoms with van der Waals surface area (Å²) in [6.45, 7) is 0.956. The molecule has 0 aromatic heterocycles. The molecule has 0 aliphatic carbocycles. The molecule has 6 nitrogen and oxygen atoms in total. The summed E-state index contributed by atoms with van der Waals surface area (Å²) in [7, 11) is 1.56. The molecular weight excluding hydrogens is 418 g/mol. The number of rotatable bonds is 5. The number of nitrogens with zero attached hydrogens (tertiary/aromatic N) is 1. The fraction of sp³-hybridized carbons (Fsp3) is 0.259. The number of amides is 1. The second-order valence-electron chi connectivity index (χ2n) is 8.38. The van der Waals surface area contributed by atoms with Gasteiger partial charge in [0.05, 0.1) is 24.8 Å². The summed E-state index contributed by atoms with van der Waals surface area (Å²) < 4.78 is 11.0. The lowest BCUT2D eigenvalue weighted by atomic mass is 9.91. The molecule has 33 heavy (non-hydrogen) atoms. The van der Waals surface area contributed by atoms with E-state index in [4.69, 9.17) is 9.47 Å². The number of carbonyl (C=O) groups is 2. The van der Waals surface area contributed by atoms with Gasteiger partial charge in [-0.15, -0.1) is 0 Å². The molecule has 168 valence electrons. The summed E-state index contributed by atoms with van der Waals surface area (Å²) in [5.74, 6) is -0.850. The highest BCUT2D eigenvalue weighted by atomic mass is 16.5. The largest absolute Gasteiger partial charge is 0.507 e. The number of carbonyl (C=O) groups excluding carboxylic acids is 2. The van der Waals surface area contributed by atoms with Crippen LogP contribution in [0.4, 0.5) is 0 Å². The molecule has 2 saturated heterocycles. The van der Waals surface area contributed by atoms with Gasteiger partial charge in [0.1, 0.15) is 11.5 Å². The van der Waals surface area contributed by atoms with Crippen molar-refractivity contribution in [3.05, 3.63) is 83.4 Å². The lowest BCUT2D eigenvalue weighted by Gasteiger charge is -2.28. The van der Waals surface area contributed by atoms with Crippen molar-refractivity contribution in [2.75, 3.05) is 20.3 Å². The van der Waals surface area contributed by atoms with Gasteiger partial charge < -0.3 is 19.5 Å². The average molecular weight is 443 g/mol. The summed E-state index contributed by atoms with van der Waals surface area (Å²) >= 11 is 0. The Morgan fingerprint density at radius 2 is 1.82 bits per heavy atom. The summed E-state index contributed by atoms with van der Waals surface area (Å²) in [5, 5.41) is 13.2. The summed E-state index contributed by atoms with van der Waals surface area (Å²) in [6, 6.07) is 19.8. The van der Waals surface area contributed by atoms with Gasteiger partial charge in [-0.3, -0.25) is 9.59 Å². The number of hydrogen-bond acceptors (Lipinski definition) is 5. The van der Waals surface area contributed by atoms with E-state index in [1.54, 1.807) is 36.3 Å². The van der Waals surface area contributed by atoms with Crippen LogP contribution in [0, 0.1) is 0 Å². The normalized spacial score (nSPS) is 22.3. The Bertz CT molecular complexity index is 1240. The molecule has 1 amide bonds. The second-order valence-corrected chi connectivity index (χ2v) is 8.38. The molecule has 2 aliphatic rings. The highest BCUT2D eigenvalue weighted by molar-refractivity contribution is 6.46. The highest BCUT2D eigenvalue weighted by Gasteiger charge is 2.47. The standard InChI is InChI=1S/C27H25NO5/c1-32-19-13-11-18(12-14-19)25(29)23-24(22-10-4-7-17-6-2-3-9-21(17)22)28(27(31)26(23)30)16-20-8-5-15-33-20/h2-4,6-7,9-14,20,24,29H,5,8,15-16H2,1H3/b25-23-. The van der Waals surface area contributed by atoms with Crippen molar-refractivity contribution in [3.8, 4) is 5.75 Å². The zero-order valence-electron chi connectivity index (χ0n) is 18.4. The van der Waals surface area contributed by atoms with Crippen LogP contribution < -0.4 is 4.74 Å². The Kier molecular flexibility index (Phi) is 5.60. The van der Waals surface area contributed by atoms with Crippen LogP contribution in [0.3, 0.4) is 0 Å². The maximum Gasteiger partial charge on any atom is 0.295 e. The molecule has 1 N–H and O–H groups in total. The molecule has 0 spiro atoms. The van der Waals surface area contributed by atoms with E-state index in [1.165, 1.54) is 0 Å². The summed E-state index contributed by atoms with van der Waals surface area (Å²) in [6.07, 6.45) is 1.64. The second kappa shape index (κ2) is 8.71. The van der Waals surface area contributed by atoms with Gasteiger partial charge >= 0.3 is 0 Å². The maximum absolute atomic E-state index is 13.3. The topological polar surface area (TPSA) is 76.1 Å². The van der Waals surface area contributed by atoms with E-state index in [1.807, 2.05) is 42.5 Å². The number of Topliss-reactive ketones (excluding diaryl/α,β-unsaturated/α-hetero) is 1. The predicted molar refractivity (Wildman–Crippen MR) is 125 cm³/mol. The molecule has 3 aromatic rings. The van der Waals surface area contributed by atoms with Crippen LogP contribution in [0.1, 0.15) is 30.0 Å². The van der Waals surface area contributed by atoms with Crippen LogP contribution in [0.15, 0.2) is 72.3 Å². The lowest BCUT2D eigenvalue weighted by Crippen LogP contribution is -2.36. The predicted octanol–water partition coefficient (Wildman–Crippen LogP) is 4.45. The van der Waals surface area contributed by atoms with Crippen LogP contribution in [-0.2, 0) is 14.3 Å². The molecule has 0 bridgehead atoms. The Morgan fingerprint density at radius 1 is 1.06 bits per heavy atom. The van der Waals surface area contributed by atoms with Gasteiger partial charge in [0.2, 0.25) is 0 Å². The Labute approximate surface area is 192 Å². The minimum absolute atomic E-state index is 0.0968. The molecule has 5 rings (SSSR count). The number of ketones is 1. The van der Waals surface area contributed by atoms with Crippen LogP contribution in [0.25, 0.3) is 16.5 Å². The SMILES string of the molecule is COc1ccc(/C(O)=C2/C(=O)C(=O)N(CC3CCCO3)C2c2cccc3ccccc23)cc1. The Morgan fingerprint density at radius 3 is 2.55 bits per heavy atom. The fourth-order valence-corrected chi connectivity index (χ4v) is 4.79. The van der Waals surface area contributed by atoms with E-state index < -0.39 is 17.7 Å². The van der Waals surface area contributed by atoms with Crippen molar-refractivity contribution in [2.24, 2.45) is 0 Å². The van der Waals surface area contributed by atoms with Crippen LogP contribution in [0.2, 0.25) is 0 Å². The zero-order chi connectivity index (χ0) is 22.9. The number of hydrogen-bond donors (Lipinski definition) is 1. The molecule has 6 heteroatoms. The molecule has 3 aromatic carbocycles. The first kappa shape index (κ1) is 21.2. The van der Waals surface area contributed by atoms with E-state index in [9.17, 15) is 14.7 Å². The monoisotopic (exact) mass is 443 g/mol. The first-order valence-electron chi connectivity index (χ1n) is 11.1. The van der Waals surface area contributed by atoms with E-state index in [-0.39, 0.29) is 17.4 Å². The van der Waals surface area contributed by atoms with Crippen LogP contribution in [-0.4, -0.2) is 48.1 Å². The van der Waals surface area contributed by atoms with Gasteiger partial charge in [0.25, 0.3) is 11.7 Å². The van der Waals surface area contributed by atoms with Gasteiger partial charge in [0.15, 0.2) is 0 Å². The minimum atomic E-state index is -0.706. The molecule has 0 radical (unpaired) electrons. The number of ether oxygens (including phenoxy) is 2. The zero-order valence-corrected chi connectivity index (χ0v) is 18.4. The Balaban J connectivity index is 1.68. The number of likely N-dealkylation sites (tertiary alicyclic amines) is 1. The molecule has 2 aliphatic heterocycles. The number of methoxy groups -OCH3 is 1. The van der Waals surface area contributed by atoms with Gasteiger partial charge in [-0.2, -0.15) is 0 Å². The van der Waals surface area contributed by atoms with E-state index in [0.717, 1.165) is 29.2 Å². The minimum Gasteiger partial charge on any atom is -0.507 e. The summed E-state index contributed by atoms with van der Waals surface area (Å²) in [4.78, 5) is 28.1. The fourth-order valence-electron chi connectivity index (χ4n) is 4.79. The van der Waals surface area contributed by atoms with Crippen molar-refractivity contribution in [1.82, 2.24) is 4.90 Å². The van der Waals surface area contributed by atoms with Crippen LogP contribution >= 0.6 is 0 Å². The first-order chi connectivity index (χ1) is 16.1. The third-order valence-corrected chi connectivity index (χ3v) is 6.45. The number of aliphatic hydroxyl groups is 1. The highest BCUT2D eigenvalue weighted by Crippen LogP contribution is 2.42. The average Bonchev–Trinajstić information content (AvgIpc) is 3.46. The van der Waals surface area contributed by atoms with Crippen molar-refractivity contribution in [3.63, 3.8) is 0 Å². The maximum atomic E-state index is 13.3. The molecule has 0 saturated carbocycles. The van der Waals surface area contributed by atoms with Gasteiger partial charge in [0, 0.05) is 18.7 Å². The number of aliphatic hydroxyl groups excluding tert-OH is 1. The first-order valence-corrected chi connectivity index (χ1v) is 11.1. The number of fused-ring (bicyclic) bond motifs is 1. The third-order valence-electron chi connectivity index (χ3n) is 6.45. The smallest absolute Gasteiger partial charge is 0.295 e. The van der Waals surface area contributed by atoms with Crippen molar-refractivity contribution < 1.29 is 24.2 Å². The molecule has 2 heterocycles. The quantitative estimate of drug-likeness (QED) is 0.358. The summed E-state index contributed by atoms with van der Waals surface area (Å²) in [5.41, 5.74) is 1.36. The number of benzene rings is 3.